The van der Waals surface area contributed by atoms with E-state index in [9.17, 15) is 14.4 Å². The topological polar surface area (TPSA) is 101 Å². The minimum absolute atomic E-state index is 0.257. The number of pyridine rings is 1. The smallest absolute Gasteiger partial charge is 0.290 e. The van der Waals surface area contributed by atoms with Gasteiger partial charge < -0.3 is 5.11 Å². The molecule has 1 aliphatic rings. The summed E-state index contributed by atoms with van der Waals surface area (Å²) < 4.78 is 1.53. The van der Waals surface area contributed by atoms with Crippen molar-refractivity contribution < 1.29 is 19.5 Å². The lowest BCUT2D eigenvalue weighted by Crippen LogP contribution is -2.17. The number of ketones is 1. The van der Waals surface area contributed by atoms with Crippen LogP contribution >= 0.6 is 11.8 Å². The van der Waals surface area contributed by atoms with Crippen LogP contribution in [0.25, 0.3) is 11.7 Å². The molecule has 0 atom stereocenters. The molecule has 3 rings (SSSR count). The van der Waals surface area contributed by atoms with Gasteiger partial charge in [-0.2, -0.15) is 0 Å². The highest BCUT2D eigenvalue weighted by atomic mass is 32.2. The second-order valence-electron chi connectivity index (χ2n) is 4.27. The van der Waals surface area contributed by atoms with Crippen molar-refractivity contribution in [2.24, 2.45) is 0 Å². The SMILES string of the molecule is O=C1NC(=O)/C(=C/c2ccc3ncc(C(=O)CO)n3c2)S1. The van der Waals surface area contributed by atoms with Crippen molar-refractivity contribution in [3.63, 3.8) is 0 Å². The van der Waals surface area contributed by atoms with Gasteiger partial charge in [0.1, 0.15) is 17.9 Å². The van der Waals surface area contributed by atoms with Crippen molar-refractivity contribution in [1.82, 2.24) is 14.7 Å². The maximum absolute atomic E-state index is 11.6. The Morgan fingerprint density at radius 3 is 2.90 bits per heavy atom. The Morgan fingerprint density at radius 1 is 1.43 bits per heavy atom. The molecular weight excluding hydrogens is 294 g/mol. The van der Waals surface area contributed by atoms with Crippen LogP contribution in [0.15, 0.2) is 29.4 Å². The number of aliphatic hydroxyl groups excluding tert-OH is 1. The van der Waals surface area contributed by atoms with Crippen LogP contribution in [0.1, 0.15) is 16.1 Å². The maximum Gasteiger partial charge on any atom is 0.290 e. The van der Waals surface area contributed by atoms with Gasteiger partial charge in [-0.1, -0.05) is 0 Å². The molecule has 8 heteroatoms. The van der Waals surface area contributed by atoms with Crippen LogP contribution < -0.4 is 5.32 Å². The van der Waals surface area contributed by atoms with Gasteiger partial charge in [0.25, 0.3) is 11.1 Å². The average molecular weight is 303 g/mol. The number of rotatable bonds is 3. The second kappa shape index (κ2) is 5.15. The summed E-state index contributed by atoms with van der Waals surface area (Å²) in [7, 11) is 0. The standard InChI is InChI=1S/C13H9N3O4S/c17-6-9(18)8-4-14-11-2-1-7(5-16(8)11)3-10-12(19)15-13(20)21-10/h1-5,17H,6H2,(H,15,19,20)/b10-3-. The lowest BCUT2D eigenvalue weighted by molar-refractivity contribution is -0.115. The summed E-state index contributed by atoms with van der Waals surface area (Å²) in [5, 5.41) is 10.7. The summed E-state index contributed by atoms with van der Waals surface area (Å²) in [6.07, 6.45) is 4.55. The summed E-state index contributed by atoms with van der Waals surface area (Å²) in [5.74, 6) is -0.891. The predicted molar refractivity (Wildman–Crippen MR) is 75.7 cm³/mol. The number of aliphatic hydroxyl groups is 1. The van der Waals surface area contributed by atoms with Crippen LogP contribution in [0.2, 0.25) is 0 Å². The van der Waals surface area contributed by atoms with Crippen molar-refractivity contribution in [3.05, 3.63) is 40.7 Å². The molecule has 106 valence electrons. The molecule has 0 bridgehead atoms. The molecule has 7 nitrogen and oxygen atoms in total. The Hall–Kier alpha value is -2.45. The lowest BCUT2D eigenvalue weighted by Gasteiger charge is -2.01. The molecule has 2 aromatic heterocycles. The van der Waals surface area contributed by atoms with E-state index < -0.39 is 23.5 Å². The average Bonchev–Trinajstić information content (AvgIpc) is 3.01. The summed E-state index contributed by atoms with van der Waals surface area (Å²) >= 11 is 0.821. The fourth-order valence-corrected chi connectivity index (χ4v) is 2.62. The number of amides is 2. The fraction of sp³-hybridized carbons (Fsp3) is 0.0769. The van der Waals surface area contributed by atoms with Gasteiger partial charge in [-0.25, -0.2) is 4.98 Å². The molecule has 1 aliphatic heterocycles. The van der Waals surface area contributed by atoms with E-state index in [1.165, 1.54) is 10.6 Å². The van der Waals surface area contributed by atoms with E-state index in [1.807, 2.05) is 0 Å². The van der Waals surface area contributed by atoms with Crippen molar-refractivity contribution in [1.29, 1.82) is 0 Å². The third-order valence-electron chi connectivity index (χ3n) is 2.90. The van der Waals surface area contributed by atoms with Crippen molar-refractivity contribution in [2.45, 2.75) is 0 Å². The molecule has 0 aromatic carbocycles. The molecule has 0 unspecified atom stereocenters. The Morgan fingerprint density at radius 2 is 2.24 bits per heavy atom. The summed E-state index contributed by atoms with van der Waals surface area (Å²) in [6.45, 7) is -0.605. The first-order valence-electron chi connectivity index (χ1n) is 5.94. The molecule has 3 heterocycles. The van der Waals surface area contributed by atoms with Crippen LogP contribution in [0.4, 0.5) is 4.79 Å². The molecule has 0 aliphatic carbocycles. The number of hydrogen-bond donors (Lipinski definition) is 2. The minimum atomic E-state index is -0.605. The summed E-state index contributed by atoms with van der Waals surface area (Å²) in [5.41, 5.74) is 1.45. The van der Waals surface area contributed by atoms with E-state index in [2.05, 4.69) is 10.3 Å². The Labute approximate surface area is 122 Å². The maximum atomic E-state index is 11.6. The number of nitrogens with zero attached hydrogens (tertiary/aromatic N) is 2. The zero-order valence-electron chi connectivity index (χ0n) is 10.6. The first kappa shape index (κ1) is 13.5. The van der Waals surface area contributed by atoms with Gasteiger partial charge in [-0.3, -0.25) is 24.1 Å². The van der Waals surface area contributed by atoms with Crippen LogP contribution in [0, 0.1) is 0 Å². The molecule has 0 radical (unpaired) electrons. The number of Topliss-reactive ketones (excluding diaryl/α,β-unsaturated/α-hetero) is 1. The first-order chi connectivity index (χ1) is 10.1. The fourth-order valence-electron chi connectivity index (χ4n) is 1.94. The second-order valence-corrected chi connectivity index (χ2v) is 5.28. The molecule has 1 fully saturated rings. The number of nitrogens with one attached hydrogen (secondary N) is 1. The van der Waals surface area contributed by atoms with Crippen LogP contribution in [-0.2, 0) is 4.79 Å². The molecule has 21 heavy (non-hydrogen) atoms. The number of fused-ring (bicyclic) bond motifs is 1. The van der Waals surface area contributed by atoms with Crippen molar-refractivity contribution in [2.75, 3.05) is 6.61 Å². The normalized spacial score (nSPS) is 16.7. The van der Waals surface area contributed by atoms with E-state index in [0.717, 1.165) is 11.8 Å². The molecule has 2 aromatic rings. The van der Waals surface area contributed by atoms with Gasteiger partial charge in [0.2, 0.25) is 5.78 Å². The number of hydrogen-bond acceptors (Lipinski definition) is 6. The lowest BCUT2D eigenvalue weighted by atomic mass is 10.2. The highest BCUT2D eigenvalue weighted by molar-refractivity contribution is 8.18. The highest BCUT2D eigenvalue weighted by Crippen LogP contribution is 2.25. The predicted octanol–water partition coefficient (Wildman–Crippen LogP) is 0.833. The zero-order chi connectivity index (χ0) is 15.0. The third kappa shape index (κ3) is 2.46. The Bertz CT molecular complexity index is 809. The summed E-state index contributed by atoms with van der Waals surface area (Å²) in [4.78, 5) is 38.6. The van der Waals surface area contributed by atoms with Crippen LogP contribution in [0.3, 0.4) is 0 Å². The molecule has 0 spiro atoms. The molecule has 0 saturated carbocycles. The third-order valence-corrected chi connectivity index (χ3v) is 3.71. The molecule has 1 saturated heterocycles. The van der Waals surface area contributed by atoms with Crippen molar-refractivity contribution in [3.8, 4) is 0 Å². The number of imidazole rings is 1. The number of carbonyl (C=O) groups is 3. The summed E-state index contributed by atoms with van der Waals surface area (Å²) in [6, 6.07) is 3.40. The van der Waals surface area contributed by atoms with E-state index in [-0.39, 0.29) is 10.6 Å². The van der Waals surface area contributed by atoms with Gasteiger partial charge >= 0.3 is 0 Å². The van der Waals surface area contributed by atoms with E-state index in [0.29, 0.717) is 11.2 Å². The minimum Gasteiger partial charge on any atom is -0.388 e. The Kier molecular flexibility index (Phi) is 3.32. The van der Waals surface area contributed by atoms with E-state index >= 15 is 0 Å². The number of thioether (sulfide) groups is 1. The number of carbonyl (C=O) groups excluding carboxylic acids is 3. The monoisotopic (exact) mass is 303 g/mol. The first-order valence-corrected chi connectivity index (χ1v) is 6.76. The van der Waals surface area contributed by atoms with Gasteiger partial charge in [0.05, 0.1) is 11.1 Å². The zero-order valence-corrected chi connectivity index (χ0v) is 11.4. The van der Waals surface area contributed by atoms with Crippen LogP contribution in [-0.4, -0.2) is 38.0 Å². The van der Waals surface area contributed by atoms with Crippen LogP contribution in [0.5, 0.6) is 0 Å². The van der Waals surface area contributed by atoms with Gasteiger partial charge in [-0.05, 0) is 35.5 Å². The van der Waals surface area contributed by atoms with Gasteiger partial charge in [0, 0.05) is 6.20 Å². The highest BCUT2D eigenvalue weighted by Gasteiger charge is 2.25. The molecular formula is C13H9N3O4S. The number of aromatic nitrogens is 2. The molecule has 2 amide bonds. The number of imide groups is 1. The Balaban J connectivity index is 2.05. The van der Waals surface area contributed by atoms with Gasteiger partial charge in [-0.15, -0.1) is 0 Å². The van der Waals surface area contributed by atoms with E-state index in [4.69, 9.17) is 5.11 Å². The largest absolute Gasteiger partial charge is 0.388 e. The quantitative estimate of drug-likeness (QED) is 0.643. The van der Waals surface area contributed by atoms with Gasteiger partial charge in [0.15, 0.2) is 0 Å². The molecule has 2 N–H and O–H groups in total. The van der Waals surface area contributed by atoms with E-state index in [1.54, 1.807) is 24.4 Å². The van der Waals surface area contributed by atoms with Crippen molar-refractivity contribution >= 4 is 40.4 Å².